The highest BCUT2D eigenvalue weighted by atomic mass is 32.1. The topological polar surface area (TPSA) is 39.2 Å². The standard InChI is InChI=1S/C16H21NO2S/c1-5-16(6-2,15(18)19-7-3)14-17-13-11(4)9-8-10-12(13)20-14/h8-10H,5-7H2,1-4H3. The van der Waals surface area contributed by atoms with Gasteiger partial charge in [-0.15, -0.1) is 11.3 Å². The Labute approximate surface area is 124 Å². The molecule has 0 spiro atoms. The third-order valence-corrected chi connectivity index (χ3v) is 5.13. The molecule has 0 atom stereocenters. The van der Waals surface area contributed by atoms with E-state index in [1.165, 1.54) is 0 Å². The first-order valence-electron chi connectivity index (χ1n) is 7.12. The molecule has 0 aliphatic carbocycles. The molecule has 0 bridgehead atoms. The molecule has 0 saturated heterocycles. The first kappa shape index (κ1) is 15.0. The average Bonchev–Trinajstić information content (AvgIpc) is 2.87. The van der Waals surface area contributed by atoms with Crippen molar-refractivity contribution in [3.63, 3.8) is 0 Å². The molecule has 4 heteroatoms. The molecular weight excluding hydrogens is 270 g/mol. The lowest BCUT2D eigenvalue weighted by Crippen LogP contribution is -2.36. The Morgan fingerprint density at radius 1 is 1.30 bits per heavy atom. The Balaban J connectivity index is 2.57. The van der Waals surface area contributed by atoms with Crippen molar-refractivity contribution in [2.45, 2.75) is 46.0 Å². The summed E-state index contributed by atoms with van der Waals surface area (Å²) in [7, 11) is 0. The number of hydrogen-bond donors (Lipinski definition) is 0. The molecule has 2 rings (SSSR count). The van der Waals surface area contributed by atoms with Gasteiger partial charge in [0, 0.05) is 0 Å². The van der Waals surface area contributed by atoms with E-state index in [1.54, 1.807) is 11.3 Å². The molecule has 0 saturated carbocycles. The molecule has 0 aliphatic heterocycles. The van der Waals surface area contributed by atoms with Gasteiger partial charge in [-0.3, -0.25) is 4.79 Å². The first-order chi connectivity index (χ1) is 9.58. The molecule has 0 fully saturated rings. The lowest BCUT2D eigenvalue weighted by Gasteiger charge is -2.26. The van der Waals surface area contributed by atoms with Crippen molar-refractivity contribution < 1.29 is 9.53 Å². The maximum absolute atomic E-state index is 12.4. The van der Waals surface area contributed by atoms with Crippen LogP contribution >= 0.6 is 11.3 Å². The number of esters is 1. The van der Waals surface area contributed by atoms with Gasteiger partial charge in [-0.1, -0.05) is 26.0 Å². The van der Waals surface area contributed by atoms with E-state index in [0.29, 0.717) is 19.4 Å². The summed E-state index contributed by atoms with van der Waals surface area (Å²) >= 11 is 1.61. The Hall–Kier alpha value is -1.42. The van der Waals surface area contributed by atoms with Crippen molar-refractivity contribution >= 4 is 27.5 Å². The molecule has 0 unspecified atom stereocenters. The van der Waals surface area contributed by atoms with Gasteiger partial charge < -0.3 is 4.74 Å². The fourth-order valence-corrected chi connectivity index (χ4v) is 3.85. The molecule has 1 aromatic heterocycles. The second kappa shape index (κ2) is 5.92. The lowest BCUT2D eigenvalue weighted by atomic mass is 9.83. The first-order valence-corrected chi connectivity index (χ1v) is 7.94. The fraction of sp³-hybridized carbons (Fsp3) is 0.500. The molecule has 2 aromatic rings. The number of carbonyl (C=O) groups excluding carboxylic acids is 1. The van der Waals surface area contributed by atoms with Crippen molar-refractivity contribution in [2.24, 2.45) is 0 Å². The maximum Gasteiger partial charge on any atom is 0.319 e. The average molecular weight is 291 g/mol. The summed E-state index contributed by atoms with van der Waals surface area (Å²) < 4.78 is 6.43. The fourth-order valence-electron chi connectivity index (χ4n) is 2.49. The van der Waals surface area contributed by atoms with E-state index in [0.717, 1.165) is 20.8 Å². The van der Waals surface area contributed by atoms with Gasteiger partial charge in [0.05, 0.1) is 16.8 Å². The second-order valence-electron chi connectivity index (χ2n) is 4.95. The van der Waals surface area contributed by atoms with Gasteiger partial charge in [0.25, 0.3) is 0 Å². The van der Waals surface area contributed by atoms with E-state index in [4.69, 9.17) is 9.72 Å². The third kappa shape index (κ3) is 2.33. The van der Waals surface area contributed by atoms with Gasteiger partial charge in [0.15, 0.2) is 0 Å². The molecule has 0 amide bonds. The summed E-state index contributed by atoms with van der Waals surface area (Å²) in [6.07, 6.45) is 1.42. The number of ether oxygens (including phenoxy) is 1. The van der Waals surface area contributed by atoms with Crippen LogP contribution in [0.4, 0.5) is 0 Å². The highest BCUT2D eigenvalue weighted by Gasteiger charge is 2.41. The molecule has 3 nitrogen and oxygen atoms in total. The van der Waals surface area contributed by atoms with Crippen molar-refractivity contribution in [3.05, 3.63) is 28.8 Å². The number of rotatable bonds is 5. The normalized spacial score (nSPS) is 11.8. The van der Waals surface area contributed by atoms with Gasteiger partial charge in [-0.05, 0) is 38.3 Å². The van der Waals surface area contributed by atoms with Crippen molar-refractivity contribution in [1.82, 2.24) is 4.98 Å². The zero-order chi connectivity index (χ0) is 14.8. The van der Waals surface area contributed by atoms with Crippen LogP contribution in [0.5, 0.6) is 0 Å². The van der Waals surface area contributed by atoms with Crippen LogP contribution in [0.2, 0.25) is 0 Å². The largest absolute Gasteiger partial charge is 0.465 e. The minimum atomic E-state index is -0.605. The number of benzene rings is 1. The Bertz CT molecular complexity index is 614. The summed E-state index contributed by atoms with van der Waals surface area (Å²) in [5.74, 6) is -0.151. The highest BCUT2D eigenvalue weighted by molar-refractivity contribution is 7.18. The number of para-hydroxylation sites is 1. The highest BCUT2D eigenvalue weighted by Crippen LogP contribution is 2.38. The molecule has 1 heterocycles. The zero-order valence-corrected chi connectivity index (χ0v) is 13.3. The van der Waals surface area contributed by atoms with Gasteiger partial charge in [0.1, 0.15) is 10.4 Å². The Morgan fingerprint density at radius 2 is 2.00 bits per heavy atom. The van der Waals surface area contributed by atoms with Gasteiger partial charge >= 0.3 is 5.97 Å². The summed E-state index contributed by atoms with van der Waals surface area (Å²) in [5, 5.41) is 0.880. The van der Waals surface area contributed by atoms with E-state index in [1.807, 2.05) is 26.8 Å². The maximum atomic E-state index is 12.4. The molecule has 1 aromatic carbocycles. The number of fused-ring (bicyclic) bond motifs is 1. The number of hydrogen-bond acceptors (Lipinski definition) is 4. The van der Waals surface area contributed by atoms with E-state index in [-0.39, 0.29) is 5.97 Å². The monoisotopic (exact) mass is 291 g/mol. The molecular formula is C16H21NO2S. The van der Waals surface area contributed by atoms with Crippen LogP contribution in [0.1, 0.15) is 44.2 Å². The van der Waals surface area contributed by atoms with Gasteiger partial charge in [0.2, 0.25) is 0 Å². The van der Waals surface area contributed by atoms with Crippen LogP contribution in [-0.4, -0.2) is 17.6 Å². The van der Waals surface area contributed by atoms with Crippen molar-refractivity contribution in [1.29, 1.82) is 0 Å². The van der Waals surface area contributed by atoms with Crippen LogP contribution in [0.3, 0.4) is 0 Å². The number of aromatic nitrogens is 1. The predicted molar refractivity (Wildman–Crippen MR) is 83.3 cm³/mol. The van der Waals surface area contributed by atoms with Crippen LogP contribution < -0.4 is 0 Å². The van der Waals surface area contributed by atoms with Crippen molar-refractivity contribution in [3.8, 4) is 0 Å². The minimum absolute atomic E-state index is 0.151. The van der Waals surface area contributed by atoms with Crippen LogP contribution in [0.25, 0.3) is 10.2 Å². The van der Waals surface area contributed by atoms with Crippen LogP contribution in [0.15, 0.2) is 18.2 Å². The van der Waals surface area contributed by atoms with E-state index < -0.39 is 5.41 Å². The van der Waals surface area contributed by atoms with E-state index >= 15 is 0 Å². The molecule has 108 valence electrons. The van der Waals surface area contributed by atoms with Crippen LogP contribution in [-0.2, 0) is 14.9 Å². The summed E-state index contributed by atoms with van der Waals surface area (Å²) in [4.78, 5) is 17.2. The quantitative estimate of drug-likeness (QED) is 0.774. The zero-order valence-electron chi connectivity index (χ0n) is 12.5. The van der Waals surface area contributed by atoms with E-state index in [9.17, 15) is 4.79 Å². The van der Waals surface area contributed by atoms with E-state index in [2.05, 4.69) is 19.1 Å². The third-order valence-electron chi connectivity index (χ3n) is 3.90. The Morgan fingerprint density at radius 3 is 2.55 bits per heavy atom. The molecule has 0 radical (unpaired) electrons. The number of carbonyl (C=O) groups is 1. The molecule has 20 heavy (non-hydrogen) atoms. The predicted octanol–water partition coefficient (Wildman–Crippen LogP) is 4.23. The number of thiazole rings is 1. The summed E-state index contributed by atoms with van der Waals surface area (Å²) in [6, 6.07) is 6.14. The number of aryl methyl sites for hydroxylation is 1. The second-order valence-corrected chi connectivity index (χ2v) is 5.98. The van der Waals surface area contributed by atoms with Crippen molar-refractivity contribution in [2.75, 3.05) is 6.61 Å². The Kier molecular flexibility index (Phi) is 4.43. The number of nitrogens with zero attached hydrogens (tertiary/aromatic N) is 1. The smallest absolute Gasteiger partial charge is 0.319 e. The SMILES string of the molecule is CCOC(=O)C(CC)(CC)c1nc2c(C)cccc2s1. The molecule has 0 N–H and O–H groups in total. The van der Waals surface area contributed by atoms with Gasteiger partial charge in [-0.2, -0.15) is 0 Å². The van der Waals surface area contributed by atoms with Gasteiger partial charge in [-0.25, -0.2) is 4.98 Å². The molecule has 0 aliphatic rings. The lowest BCUT2D eigenvalue weighted by molar-refractivity contribution is -0.150. The summed E-state index contributed by atoms with van der Waals surface area (Å²) in [5.41, 5.74) is 1.55. The minimum Gasteiger partial charge on any atom is -0.465 e. The summed E-state index contributed by atoms with van der Waals surface area (Å²) in [6.45, 7) is 8.36. The van der Waals surface area contributed by atoms with Crippen LogP contribution in [0, 0.1) is 6.92 Å².